The average molecular weight is 257 g/mol. The van der Waals surface area contributed by atoms with Gasteiger partial charge in [-0.1, -0.05) is 34.1 Å². The topological polar surface area (TPSA) is 17.1 Å². The van der Waals surface area contributed by atoms with Gasteiger partial charge in [0.05, 0.1) is 0 Å². The first kappa shape index (κ1) is 13.4. The molecule has 2 heteroatoms. The van der Waals surface area contributed by atoms with Crippen molar-refractivity contribution < 1.29 is 4.79 Å². The second-order valence-corrected chi connectivity index (χ2v) is 7.61. The molecule has 0 aromatic rings. The van der Waals surface area contributed by atoms with E-state index in [0.717, 1.165) is 6.42 Å². The fraction of sp³-hybridized carbons (Fsp3) is 0.933. The molecule has 2 aliphatic carbocycles. The molecular weight excluding hydrogens is 232 g/mol. The SMILES string of the molecule is C[C@H]1CC[C@H]2C(C)(C)CCC[C@]2(C)[C@H]1C(=O)Cl. The van der Waals surface area contributed by atoms with Crippen LogP contribution >= 0.6 is 11.6 Å². The first-order valence-corrected chi connectivity index (χ1v) is 7.36. The summed E-state index contributed by atoms with van der Waals surface area (Å²) < 4.78 is 0. The monoisotopic (exact) mass is 256 g/mol. The van der Waals surface area contributed by atoms with Gasteiger partial charge in [-0.15, -0.1) is 0 Å². The predicted octanol–water partition coefficient (Wildman–Crippen LogP) is 4.63. The summed E-state index contributed by atoms with van der Waals surface area (Å²) >= 11 is 5.92. The molecule has 2 fully saturated rings. The molecule has 0 aromatic carbocycles. The van der Waals surface area contributed by atoms with Gasteiger partial charge in [-0.25, -0.2) is 0 Å². The molecule has 0 aliphatic heterocycles. The Balaban J connectivity index is 2.38. The molecule has 0 spiro atoms. The highest BCUT2D eigenvalue weighted by molar-refractivity contribution is 6.64. The first-order valence-electron chi connectivity index (χ1n) is 6.98. The molecule has 0 radical (unpaired) electrons. The molecule has 0 heterocycles. The van der Waals surface area contributed by atoms with Crippen LogP contribution in [-0.4, -0.2) is 5.24 Å². The minimum Gasteiger partial charge on any atom is -0.281 e. The van der Waals surface area contributed by atoms with Crippen LogP contribution in [0.15, 0.2) is 0 Å². The third kappa shape index (κ3) is 2.05. The normalized spacial score (nSPS) is 45.1. The van der Waals surface area contributed by atoms with Crippen molar-refractivity contribution in [1.29, 1.82) is 0 Å². The van der Waals surface area contributed by atoms with E-state index in [1.165, 1.54) is 25.7 Å². The van der Waals surface area contributed by atoms with Crippen LogP contribution in [0.2, 0.25) is 0 Å². The summed E-state index contributed by atoms with van der Waals surface area (Å²) in [5.41, 5.74) is 0.510. The van der Waals surface area contributed by atoms with Crippen molar-refractivity contribution in [2.24, 2.45) is 28.6 Å². The summed E-state index contributed by atoms with van der Waals surface area (Å²) in [6.45, 7) is 9.27. The van der Waals surface area contributed by atoms with Gasteiger partial charge in [0.1, 0.15) is 0 Å². The van der Waals surface area contributed by atoms with E-state index < -0.39 is 0 Å². The van der Waals surface area contributed by atoms with Gasteiger partial charge in [-0.3, -0.25) is 4.79 Å². The van der Waals surface area contributed by atoms with Crippen molar-refractivity contribution in [3.05, 3.63) is 0 Å². The number of rotatable bonds is 1. The molecule has 17 heavy (non-hydrogen) atoms. The number of fused-ring (bicyclic) bond motifs is 1. The molecule has 4 atom stereocenters. The number of halogens is 1. The zero-order chi connectivity index (χ0) is 12.8. The van der Waals surface area contributed by atoms with Crippen LogP contribution < -0.4 is 0 Å². The lowest BCUT2D eigenvalue weighted by Gasteiger charge is -2.58. The fourth-order valence-electron chi connectivity index (χ4n) is 4.99. The molecule has 0 amide bonds. The smallest absolute Gasteiger partial charge is 0.225 e. The Morgan fingerprint density at radius 3 is 2.41 bits per heavy atom. The Morgan fingerprint density at radius 1 is 1.18 bits per heavy atom. The second kappa shape index (κ2) is 4.26. The molecule has 0 saturated heterocycles. The highest BCUT2D eigenvalue weighted by atomic mass is 35.5. The maximum absolute atomic E-state index is 11.8. The van der Waals surface area contributed by atoms with Crippen molar-refractivity contribution in [2.45, 2.75) is 59.8 Å². The summed E-state index contributed by atoms with van der Waals surface area (Å²) in [4.78, 5) is 11.8. The fourth-order valence-corrected chi connectivity index (χ4v) is 5.45. The minimum absolute atomic E-state index is 0.0718. The van der Waals surface area contributed by atoms with Crippen LogP contribution in [0.3, 0.4) is 0 Å². The molecule has 2 aliphatic rings. The molecule has 0 unspecified atom stereocenters. The van der Waals surface area contributed by atoms with Crippen LogP contribution in [0.5, 0.6) is 0 Å². The third-order valence-electron chi connectivity index (χ3n) is 5.71. The van der Waals surface area contributed by atoms with Crippen molar-refractivity contribution in [3.8, 4) is 0 Å². The summed E-state index contributed by atoms with van der Waals surface area (Å²) in [7, 11) is 0. The van der Waals surface area contributed by atoms with Gasteiger partial charge >= 0.3 is 0 Å². The summed E-state index contributed by atoms with van der Waals surface area (Å²) in [5, 5.41) is -0.0950. The van der Waals surface area contributed by atoms with E-state index in [-0.39, 0.29) is 16.6 Å². The molecule has 0 N–H and O–H groups in total. The van der Waals surface area contributed by atoms with E-state index in [1.807, 2.05) is 0 Å². The predicted molar refractivity (Wildman–Crippen MR) is 72.0 cm³/mol. The Bertz CT molecular complexity index is 323. The lowest BCUT2D eigenvalue weighted by atomic mass is 9.47. The van der Waals surface area contributed by atoms with E-state index in [9.17, 15) is 4.79 Å². The van der Waals surface area contributed by atoms with Crippen molar-refractivity contribution in [3.63, 3.8) is 0 Å². The van der Waals surface area contributed by atoms with Crippen LogP contribution in [0.1, 0.15) is 59.8 Å². The van der Waals surface area contributed by atoms with E-state index >= 15 is 0 Å². The molecular formula is C15H25ClO. The average Bonchev–Trinajstić information content (AvgIpc) is 2.14. The molecule has 0 aromatic heterocycles. The number of hydrogen-bond donors (Lipinski definition) is 0. The van der Waals surface area contributed by atoms with Crippen LogP contribution in [0.4, 0.5) is 0 Å². The minimum atomic E-state index is -0.0950. The van der Waals surface area contributed by atoms with Gasteiger partial charge in [-0.05, 0) is 60.0 Å². The zero-order valence-electron chi connectivity index (χ0n) is 11.6. The van der Waals surface area contributed by atoms with Gasteiger partial charge in [0.2, 0.25) is 5.24 Å². The summed E-state index contributed by atoms with van der Waals surface area (Å²) in [5.74, 6) is 1.19. The Hall–Kier alpha value is -0.0400. The van der Waals surface area contributed by atoms with E-state index in [4.69, 9.17) is 11.6 Å². The molecule has 98 valence electrons. The largest absolute Gasteiger partial charge is 0.281 e. The zero-order valence-corrected chi connectivity index (χ0v) is 12.3. The Labute approximate surface area is 110 Å². The van der Waals surface area contributed by atoms with E-state index in [1.54, 1.807) is 0 Å². The molecule has 1 nitrogen and oxygen atoms in total. The van der Waals surface area contributed by atoms with Crippen LogP contribution in [-0.2, 0) is 4.79 Å². The Morgan fingerprint density at radius 2 is 1.82 bits per heavy atom. The maximum atomic E-state index is 11.8. The van der Waals surface area contributed by atoms with Crippen LogP contribution in [0.25, 0.3) is 0 Å². The first-order chi connectivity index (χ1) is 7.79. The third-order valence-corrected chi connectivity index (χ3v) is 5.95. The lowest BCUT2D eigenvalue weighted by molar-refractivity contribution is -0.137. The van der Waals surface area contributed by atoms with E-state index in [0.29, 0.717) is 17.3 Å². The molecule has 0 bridgehead atoms. The highest BCUT2D eigenvalue weighted by Gasteiger charge is 2.55. The number of carbonyl (C=O) groups is 1. The standard InChI is InChI=1S/C15H25ClO/c1-10-6-7-11-14(2,3)8-5-9-15(11,4)12(10)13(16)17/h10-12H,5-9H2,1-4H3/t10-,11-,12+,15-/m0/s1. The van der Waals surface area contributed by atoms with Crippen molar-refractivity contribution in [2.75, 3.05) is 0 Å². The van der Waals surface area contributed by atoms with Crippen molar-refractivity contribution in [1.82, 2.24) is 0 Å². The molecule has 2 rings (SSSR count). The van der Waals surface area contributed by atoms with Gasteiger partial charge in [0, 0.05) is 5.92 Å². The summed E-state index contributed by atoms with van der Waals surface area (Å²) in [6.07, 6.45) is 6.14. The highest BCUT2D eigenvalue weighted by Crippen LogP contribution is 2.61. The number of hydrogen-bond acceptors (Lipinski definition) is 1. The number of carbonyl (C=O) groups excluding carboxylic acids is 1. The Kier molecular flexibility index (Phi) is 3.36. The van der Waals surface area contributed by atoms with Gasteiger partial charge in [0.15, 0.2) is 0 Å². The van der Waals surface area contributed by atoms with Crippen LogP contribution in [0, 0.1) is 28.6 Å². The molecule has 2 saturated carbocycles. The van der Waals surface area contributed by atoms with Gasteiger partial charge in [-0.2, -0.15) is 0 Å². The maximum Gasteiger partial charge on any atom is 0.225 e. The van der Waals surface area contributed by atoms with Gasteiger partial charge in [0.25, 0.3) is 0 Å². The second-order valence-electron chi connectivity index (χ2n) is 7.24. The van der Waals surface area contributed by atoms with Crippen molar-refractivity contribution >= 4 is 16.8 Å². The van der Waals surface area contributed by atoms with Gasteiger partial charge < -0.3 is 0 Å². The quantitative estimate of drug-likeness (QED) is 0.625. The van der Waals surface area contributed by atoms with E-state index in [2.05, 4.69) is 27.7 Å². The lowest BCUT2D eigenvalue weighted by Crippen LogP contribution is -2.52. The summed E-state index contributed by atoms with van der Waals surface area (Å²) in [6, 6.07) is 0.